The summed E-state index contributed by atoms with van der Waals surface area (Å²) >= 11 is 6.83. The van der Waals surface area contributed by atoms with Crippen molar-refractivity contribution >= 4 is 57.8 Å². The molecule has 21 heavy (non-hydrogen) atoms. The summed E-state index contributed by atoms with van der Waals surface area (Å²) in [5.41, 5.74) is 0.622. The SMILES string of the molecule is COc1cc(C=C2C(=O)NC(=S)NC2=O)cc(I)c1OC. The predicted molar refractivity (Wildman–Crippen MR) is 89.1 cm³/mol. The van der Waals surface area contributed by atoms with Crippen molar-refractivity contribution in [3.05, 3.63) is 26.8 Å². The molecule has 110 valence electrons. The monoisotopic (exact) mass is 418 g/mol. The fraction of sp³-hybridized carbons (Fsp3) is 0.154. The lowest BCUT2D eigenvalue weighted by molar-refractivity contribution is -0.123. The third-order valence-corrected chi connectivity index (χ3v) is 3.72. The highest BCUT2D eigenvalue weighted by Crippen LogP contribution is 2.34. The molecule has 1 saturated heterocycles. The van der Waals surface area contributed by atoms with E-state index >= 15 is 0 Å². The molecule has 0 spiro atoms. The number of carbonyl (C=O) groups excluding carboxylic acids is 2. The number of halogens is 1. The average molecular weight is 418 g/mol. The van der Waals surface area contributed by atoms with Crippen LogP contribution in [-0.2, 0) is 9.59 Å². The first-order valence-corrected chi connectivity index (χ1v) is 7.25. The number of benzene rings is 1. The largest absolute Gasteiger partial charge is 0.493 e. The summed E-state index contributed by atoms with van der Waals surface area (Å²) in [7, 11) is 3.06. The summed E-state index contributed by atoms with van der Waals surface area (Å²) in [6.07, 6.45) is 1.47. The van der Waals surface area contributed by atoms with E-state index in [1.165, 1.54) is 13.2 Å². The first-order valence-electron chi connectivity index (χ1n) is 5.76. The molecule has 2 amide bonds. The molecule has 0 bridgehead atoms. The second-order valence-corrected chi connectivity index (χ2v) is 5.60. The van der Waals surface area contributed by atoms with E-state index in [1.54, 1.807) is 19.2 Å². The van der Waals surface area contributed by atoms with Crippen molar-refractivity contribution in [2.24, 2.45) is 0 Å². The molecule has 6 nitrogen and oxygen atoms in total. The smallest absolute Gasteiger partial charge is 0.263 e. The van der Waals surface area contributed by atoms with E-state index in [0.717, 1.165) is 3.57 Å². The minimum Gasteiger partial charge on any atom is -0.493 e. The van der Waals surface area contributed by atoms with Gasteiger partial charge in [-0.2, -0.15) is 0 Å². The van der Waals surface area contributed by atoms with Gasteiger partial charge in [0.2, 0.25) is 0 Å². The minimum atomic E-state index is -0.534. The number of carbonyl (C=O) groups is 2. The van der Waals surface area contributed by atoms with Gasteiger partial charge in [-0.15, -0.1) is 0 Å². The predicted octanol–water partition coefficient (Wildman–Crippen LogP) is 1.22. The number of hydrogen-bond donors (Lipinski definition) is 2. The van der Waals surface area contributed by atoms with Crippen LogP contribution >= 0.6 is 34.8 Å². The molecule has 0 radical (unpaired) electrons. The number of methoxy groups -OCH3 is 2. The zero-order valence-corrected chi connectivity index (χ0v) is 14.1. The van der Waals surface area contributed by atoms with Crippen molar-refractivity contribution < 1.29 is 19.1 Å². The van der Waals surface area contributed by atoms with Gasteiger partial charge in [0.15, 0.2) is 16.6 Å². The van der Waals surface area contributed by atoms with Crippen molar-refractivity contribution in [1.82, 2.24) is 10.6 Å². The Kier molecular flexibility index (Phi) is 4.78. The fourth-order valence-corrected chi connectivity index (χ4v) is 2.83. The quantitative estimate of drug-likeness (QED) is 0.334. The maximum atomic E-state index is 11.8. The molecule has 2 N–H and O–H groups in total. The molecule has 8 heteroatoms. The molecular weight excluding hydrogens is 407 g/mol. The molecule has 1 heterocycles. The van der Waals surface area contributed by atoms with Crippen LogP contribution in [0.3, 0.4) is 0 Å². The van der Waals surface area contributed by atoms with Crippen LogP contribution in [-0.4, -0.2) is 31.1 Å². The minimum absolute atomic E-state index is 0.00374. The van der Waals surface area contributed by atoms with E-state index in [1.807, 2.05) is 0 Å². The lowest BCUT2D eigenvalue weighted by atomic mass is 10.1. The van der Waals surface area contributed by atoms with E-state index in [9.17, 15) is 9.59 Å². The Morgan fingerprint density at radius 1 is 1.14 bits per heavy atom. The van der Waals surface area contributed by atoms with Gasteiger partial charge >= 0.3 is 0 Å². The number of rotatable bonds is 3. The highest BCUT2D eigenvalue weighted by Gasteiger charge is 2.25. The summed E-state index contributed by atoms with van der Waals surface area (Å²) in [5.74, 6) is 0.0458. The van der Waals surface area contributed by atoms with Gasteiger partial charge in [0, 0.05) is 0 Å². The zero-order chi connectivity index (χ0) is 15.6. The van der Waals surface area contributed by atoms with Gasteiger partial charge in [0.25, 0.3) is 11.8 Å². The van der Waals surface area contributed by atoms with Crippen molar-refractivity contribution in [3.8, 4) is 11.5 Å². The molecule has 0 unspecified atom stereocenters. The lowest BCUT2D eigenvalue weighted by Crippen LogP contribution is -2.51. The van der Waals surface area contributed by atoms with E-state index in [-0.39, 0.29) is 10.7 Å². The van der Waals surface area contributed by atoms with Crippen LogP contribution < -0.4 is 20.1 Å². The highest BCUT2D eigenvalue weighted by atomic mass is 127. The van der Waals surface area contributed by atoms with Gasteiger partial charge in [-0.05, 0) is 58.6 Å². The number of amides is 2. The molecule has 0 saturated carbocycles. The average Bonchev–Trinajstić information content (AvgIpc) is 2.42. The summed E-state index contributed by atoms with van der Waals surface area (Å²) in [4.78, 5) is 23.6. The third kappa shape index (κ3) is 3.32. The first-order chi connectivity index (χ1) is 9.96. The van der Waals surface area contributed by atoms with Crippen LogP contribution in [0.1, 0.15) is 5.56 Å². The third-order valence-electron chi connectivity index (χ3n) is 2.71. The molecule has 1 aromatic carbocycles. The topological polar surface area (TPSA) is 76.7 Å². The van der Waals surface area contributed by atoms with Crippen LogP contribution in [0.2, 0.25) is 0 Å². The van der Waals surface area contributed by atoms with E-state index in [0.29, 0.717) is 17.1 Å². The van der Waals surface area contributed by atoms with E-state index < -0.39 is 11.8 Å². The maximum Gasteiger partial charge on any atom is 0.263 e. The van der Waals surface area contributed by atoms with Crippen LogP contribution in [0.15, 0.2) is 17.7 Å². The number of thiocarbonyl (C=S) groups is 1. The maximum absolute atomic E-state index is 11.8. The van der Waals surface area contributed by atoms with Crippen molar-refractivity contribution in [3.63, 3.8) is 0 Å². The summed E-state index contributed by atoms with van der Waals surface area (Å²) in [6, 6.07) is 3.46. The lowest BCUT2D eigenvalue weighted by Gasteiger charge is -2.16. The Morgan fingerprint density at radius 3 is 2.29 bits per heavy atom. The van der Waals surface area contributed by atoms with Crippen molar-refractivity contribution in [2.45, 2.75) is 0 Å². The molecule has 1 aliphatic heterocycles. The Bertz CT molecular complexity index is 650. The Balaban J connectivity index is 2.45. The molecule has 0 aromatic heterocycles. The van der Waals surface area contributed by atoms with Gasteiger partial charge < -0.3 is 9.47 Å². The van der Waals surface area contributed by atoms with E-state index in [4.69, 9.17) is 21.7 Å². The highest BCUT2D eigenvalue weighted by molar-refractivity contribution is 14.1. The van der Waals surface area contributed by atoms with Gasteiger partial charge in [0.05, 0.1) is 17.8 Å². The molecule has 0 aliphatic carbocycles. The van der Waals surface area contributed by atoms with Crippen LogP contribution in [0.4, 0.5) is 0 Å². The fourth-order valence-electron chi connectivity index (χ4n) is 1.79. The van der Waals surface area contributed by atoms with Crippen LogP contribution in [0, 0.1) is 3.57 Å². The van der Waals surface area contributed by atoms with Gasteiger partial charge in [-0.1, -0.05) is 0 Å². The molecule has 1 aromatic rings. The second-order valence-electron chi connectivity index (χ2n) is 4.03. The van der Waals surface area contributed by atoms with Crippen LogP contribution in [0.25, 0.3) is 6.08 Å². The standard InChI is InChI=1S/C13H11IN2O4S/c1-19-9-5-6(4-8(14)10(9)20-2)3-7-11(17)15-13(21)16-12(7)18/h3-5H,1-2H3,(H2,15,16,17,18,21). The molecule has 2 rings (SSSR count). The summed E-state index contributed by atoms with van der Waals surface area (Å²) in [6.45, 7) is 0. The Hall–Kier alpha value is -1.68. The van der Waals surface area contributed by atoms with Crippen molar-refractivity contribution in [2.75, 3.05) is 14.2 Å². The molecular formula is C13H11IN2O4S. The van der Waals surface area contributed by atoms with Crippen molar-refractivity contribution in [1.29, 1.82) is 0 Å². The summed E-state index contributed by atoms with van der Waals surface area (Å²) in [5, 5.41) is 4.76. The van der Waals surface area contributed by atoms with Crippen LogP contribution in [0.5, 0.6) is 11.5 Å². The Labute approximate surface area is 140 Å². The molecule has 1 fully saturated rings. The summed E-state index contributed by atoms with van der Waals surface area (Å²) < 4.78 is 11.3. The second kappa shape index (κ2) is 6.39. The van der Waals surface area contributed by atoms with E-state index in [2.05, 4.69) is 33.2 Å². The zero-order valence-electron chi connectivity index (χ0n) is 11.2. The van der Waals surface area contributed by atoms with Gasteiger partial charge in [-0.3, -0.25) is 20.2 Å². The number of nitrogens with one attached hydrogen (secondary N) is 2. The van der Waals surface area contributed by atoms with Gasteiger partial charge in [0.1, 0.15) is 5.57 Å². The Morgan fingerprint density at radius 2 is 1.76 bits per heavy atom. The molecule has 0 atom stereocenters. The first kappa shape index (κ1) is 15.7. The number of ether oxygens (including phenoxy) is 2. The van der Waals surface area contributed by atoms with Gasteiger partial charge in [-0.25, -0.2) is 0 Å². The number of hydrogen-bond acceptors (Lipinski definition) is 5. The molecule has 1 aliphatic rings. The normalized spacial score (nSPS) is 14.4.